The van der Waals surface area contributed by atoms with Crippen LogP contribution >= 0.6 is 0 Å². The maximum atomic E-state index is 10.9. The molecule has 2 fully saturated rings. The molecule has 1 aromatic carbocycles. The van der Waals surface area contributed by atoms with Crippen LogP contribution in [0.15, 0.2) is 24.3 Å². The first-order valence-corrected chi connectivity index (χ1v) is 6.52. The minimum Gasteiger partial charge on any atom is -0.481 e. The van der Waals surface area contributed by atoms with Gasteiger partial charge in [-0.05, 0) is 42.7 Å². The van der Waals surface area contributed by atoms with Gasteiger partial charge in [-0.3, -0.25) is 4.79 Å². The summed E-state index contributed by atoms with van der Waals surface area (Å²) >= 11 is 0. The van der Waals surface area contributed by atoms with E-state index in [9.17, 15) is 4.79 Å². The highest BCUT2D eigenvalue weighted by Crippen LogP contribution is 2.51. The van der Waals surface area contributed by atoms with Crippen molar-refractivity contribution in [3.8, 4) is 0 Å². The Morgan fingerprint density at radius 1 is 1.24 bits per heavy atom. The molecule has 0 bridgehead atoms. The molecule has 0 aromatic heterocycles. The highest BCUT2D eigenvalue weighted by Gasteiger charge is 2.45. The fourth-order valence-corrected chi connectivity index (χ4v) is 2.86. The lowest BCUT2D eigenvalue weighted by Gasteiger charge is -2.26. The molecule has 0 atom stereocenters. The van der Waals surface area contributed by atoms with Gasteiger partial charge in [-0.2, -0.15) is 0 Å². The zero-order chi connectivity index (χ0) is 11.9. The first-order chi connectivity index (χ1) is 8.20. The molecule has 2 saturated carbocycles. The van der Waals surface area contributed by atoms with E-state index < -0.39 is 5.97 Å². The van der Waals surface area contributed by atoms with E-state index in [0.29, 0.717) is 0 Å². The molecular formula is C15H18O2. The Labute approximate surface area is 102 Å². The van der Waals surface area contributed by atoms with E-state index in [1.54, 1.807) is 0 Å². The average molecular weight is 230 g/mol. The lowest BCUT2D eigenvalue weighted by molar-refractivity contribution is -0.137. The second-order valence-electron chi connectivity index (χ2n) is 5.60. The van der Waals surface area contributed by atoms with E-state index >= 15 is 0 Å². The molecule has 90 valence electrons. The number of rotatable bonds is 4. The van der Waals surface area contributed by atoms with Crippen molar-refractivity contribution in [2.45, 2.75) is 49.9 Å². The first-order valence-electron chi connectivity index (χ1n) is 6.52. The Bertz CT molecular complexity index is 425. The molecule has 0 saturated heterocycles. The SMILES string of the molecule is O=C(O)CC1(c2ccc(C3CCC3)cc2)CC1. The van der Waals surface area contributed by atoms with Crippen molar-refractivity contribution in [1.82, 2.24) is 0 Å². The summed E-state index contributed by atoms with van der Waals surface area (Å²) < 4.78 is 0. The molecule has 1 N–H and O–H groups in total. The van der Waals surface area contributed by atoms with Crippen LogP contribution < -0.4 is 0 Å². The van der Waals surface area contributed by atoms with E-state index in [2.05, 4.69) is 24.3 Å². The lowest BCUT2D eigenvalue weighted by atomic mass is 9.79. The second-order valence-corrected chi connectivity index (χ2v) is 5.60. The first kappa shape index (κ1) is 10.8. The fraction of sp³-hybridized carbons (Fsp3) is 0.533. The van der Waals surface area contributed by atoms with Crippen molar-refractivity contribution in [1.29, 1.82) is 0 Å². The van der Waals surface area contributed by atoms with Crippen molar-refractivity contribution < 1.29 is 9.90 Å². The molecule has 0 unspecified atom stereocenters. The average Bonchev–Trinajstić information content (AvgIpc) is 2.96. The Kier molecular flexibility index (Phi) is 2.46. The second kappa shape index (κ2) is 3.86. The predicted octanol–water partition coefficient (Wildman–Crippen LogP) is 3.46. The molecule has 17 heavy (non-hydrogen) atoms. The third-order valence-electron chi connectivity index (χ3n) is 4.44. The molecule has 2 nitrogen and oxygen atoms in total. The third-order valence-corrected chi connectivity index (χ3v) is 4.44. The predicted molar refractivity (Wildman–Crippen MR) is 66.2 cm³/mol. The maximum Gasteiger partial charge on any atom is 0.304 e. The van der Waals surface area contributed by atoms with Gasteiger partial charge in [-0.25, -0.2) is 0 Å². The number of carboxylic acids is 1. The molecule has 3 rings (SSSR count). The van der Waals surface area contributed by atoms with Crippen LogP contribution in [0.4, 0.5) is 0 Å². The van der Waals surface area contributed by atoms with Crippen molar-refractivity contribution in [3.05, 3.63) is 35.4 Å². The van der Waals surface area contributed by atoms with Crippen LogP contribution in [-0.2, 0) is 10.2 Å². The molecule has 0 aliphatic heterocycles. The van der Waals surface area contributed by atoms with Gasteiger partial charge in [-0.1, -0.05) is 30.7 Å². The van der Waals surface area contributed by atoms with Crippen LogP contribution in [0.1, 0.15) is 55.6 Å². The zero-order valence-corrected chi connectivity index (χ0v) is 9.98. The molecule has 0 heterocycles. The number of hydrogen-bond donors (Lipinski definition) is 1. The van der Waals surface area contributed by atoms with Crippen LogP contribution in [0, 0.1) is 0 Å². The van der Waals surface area contributed by atoms with Gasteiger partial charge >= 0.3 is 5.97 Å². The molecule has 1 aromatic rings. The van der Waals surface area contributed by atoms with Gasteiger partial charge in [0.25, 0.3) is 0 Å². The van der Waals surface area contributed by atoms with Gasteiger partial charge in [0.2, 0.25) is 0 Å². The van der Waals surface area contributed by atoms with Crippen molar-refractivity contribution in [2.75, 3.05) is 0 Å². The third kappa shape index (κ3) is 1.97. The van der Waals surface area contributed by atoms with Crippen LogP contribution in [-0.4, -0.2) is 11.1 Å². The summed E-state index contributed by atoms with van der Waals surface area (Å²) in [5, 5.41) is 8.94. The van der Waals surface area contributed by atoms with E-state index in [1.807, 2.05) is 0 Å². The van der Waals surface area contributed by atoms with E-state index in [4.69, 9.17) is 5.11 Å². The van der Waals surface area contributed by atoms with Gasteiger partial charge in [0.15, 0.2) is 0 Å². The van der Waals surface area contributed by atoms with Gasteiger partial charge in [0.1, 0.15) is 0 Å². The summed E-state index contributed by atoms with van der Waals surface area (Å²) in [6.07, 6.45) is 6.34. The van der Waals surface area contributed by atoms with Crippen molar-refractivity contribution >= 4 is 5.97 Å². The van der Waals surface area contributed by atoms with Gasteiger partial charge < -0.3 is 5.11 Å². The highest BCUT2D eigenvalue weighted by molar-refractivity contribution is 5.70. The number of aliphatic carboxylic acids is 1. The molecule has 2 aliphatic rings. The van der Waals surface area contributed by atoms with Crippen molar-refractivity contribution in [3.63, 3.8) is 0 Å². The molecule has 2 aliphatic carbocycles. The van der Waals surface area contributed by atoms with Gasteiger partial charge in [0, 0.05) is 5.41 Å². The summed E-state index contributed by atoms with van der Waals surface area (Å²) in [6, 6.07) is 8.73. The standard InChI is InChI=1S/C15H18O2/c16-14(17)10-15(8-9-15)13-6-4-12(5-7-13)11-2-1-3-11/h4-7,11H,1-3,8-10H2,(H,16,17). The van der Waals surface area contributed by atoms with Crippen molar-refractivity contribution in [2.24, 2.45) is 0 Å². The van der Waals surface area contributed by atoms with E-state index in [0.717, 1.165) is 18.8 Å². The fourth-order valence-electron chi connectivity index (χ4n) is 2.86. The normalized spacial score (nSPS) is 21.9. The highest BCUT2D eigenvalue weighted by atomic mass is 16.4. The Morgan fingerprint density at radius 2 is 1.88 bits per heavy atom. The minimum atomic E-state index is -0.675. The van der Waals surface area contributed by atoms with Crippen LogP contribution in [0.2, 0.25) is 0 Å². The minimum absolute atomic E-state index is 0.0377. The summed E-state index contributed by atoms with van der Waals surface area (Å²) in [5.74, 6) is 0.0873. The van der Waals surface area contributed by atoms with E-state index in [-0.39, 0.29) is 11.8 Å². The zero-order valence-electron chi connectivity index (χ0n) is 9.98. The van der Waals surface area contributed by atoms with Gasteiger partial charge in [-0.15, -0.1) is 0 Å². The number of benzene rings is 1. The number of carbonyl (C=O) groups is 1. The monoisotopic (exact) mass is 230 g/mol. The Morgan fingerprint density at radius 3 is 2.29 bits per heavy atom. The summed E-state index contributed by atoms with van der Waals surface area (Å²) in [4.78, 5) is 10.9. The molecular weight excluding hydrogens is 212 g/mol. The number of hydrogen-bond acceptors (Lipinski definition) is 1. The van der Waals surface area contributed by atoms with Crippen LogP contribution in [0.25, 0.3) is 0 Å². The smallest absolute Gasteiger partial charge is 0.304 e. The topological polar surface area (TPSA) is 37.3 Å². The number of carboxylic acid groups (broad SMARTS) is 1. The maximum absolute atomic E-state index is 10.9. The Hall–Kier alpha value is -1.31. The molecule has 0 amide bonds. The largest absolute Gasteiger partial charge is 0.481 e. The molecule has 0 radical (unpaired) electrons. The van der Waals surface area contributed by atoms with Crippen LogP contribution in [0.5, 0.6) is 0 Å². The molecule has 0 spiro atoms. The quantitative estimate of drug-likeness (QED) is 0.860. The Balaban J connectivity index is 1.77. The summed E-state index contributed by atoms with van der Waals surface area (Å²) in [7, 11) is 0. The lowest BCUT2D eigenvalue weighted by Crippen LogP contribution is -2.13. The van der Waals surface area contributed by atoms with Gasteiger partial charge in [0.05, 0.1) is 6.42 Å². The summed E-state index contributed by atoms with van der Waals surface area (Å²) in [5.41, 5.74) is 2.62. The molecule has 2 heteroatoms. The van der Waals surface area contributed by atoms with Crippen LogP contribution in [0.3, 0.4) is 0 Å². The summed E-state index contributed by atoms with van der Waals surface area (Å²) in [6.45, 7) is 0. The van der Waals surface area contributed by atoms with E-state index in [1.165, 1.54) is 30.4 Å².